The van der Waals surface area contributed by atoms with E-state index >= 15 is 0 Å². The van der Waals surface area contributed by atoms with Crippen LogP contribution in [0.4, 0.5) is 11.5 Å². The van der Waals surface area contributed by atoms with Gasteiger partial charge in [0.2, 0.25) is 0 Å². The number of aryl methyl sites for hydroxylation is 1. The molecule has 1 saturated heterocycles. The van der Waals surface area contributed by atoms with Crippen LogP contribution in [-0.2, 0) is 0 Å². The van der Waals surface area contributed by atoms with Crippen LogP contribution in [0.1, 0.15) is 29.3 Å². The van der Waals surface area contributed by atoms with Crippen molar-refractivity contribution in [2.75, 3.05) is 51.1 Å². The topological polar surface area (TPSA) is 73.4 Å². The van der Waals surface area contributed by atoms with Gasteiger partial charge in [-0.15, -0.1) is 0 Å². The van der Waals surface area contributed by atoms with E-state index in [1.54, 1.807) is 6.20 Å². The lowest BCUT2D eigenvalue weighted by Crippen LogP contribution is -2.48. The Morgan fingerprint density at radius 3 is 2.50 bits per heavy atom. The van der Waals surface area contributed by atoms with Gasteiger partial charge in [0.05, 0.1) is 0 Å². The van der Waals surface area contributed by atoms with Crippen molar-refractivity contribution >= 4 is 17.4 Å². The molecule has 178 valence electrons. The van der Waals surface area contributed by atoms with Crippen LogP contribution in [0, 0.1) is 6.92 Å². The lowest BCUT2D eigenvalue weighted by molar-refractivity contribution is 0.0936. The van der Waals surface area contributed by atoms with E-state index in [0.717, 1.165) is 49.5 Å². The molecule has 1 aliphatic rings. The van der Waals surface area contributed by atoms with Crippen LogP contribution in [0.5, 0.6) is 0 Å². The zero-order chi connectivity index (χ0) is 23.8. The molecule has 0 spiro atoms. The molecule has 7 heteroatoms. The van der Waals surface area contributed by atoms with Crippen LogP contribution in [-0.4, -0.2) is 71.5 Å². The van der Waals surface area contributed by atoms with Gasteiger partial charge in [-0.3, -0.25) is 9.69 Å². The summed E-state index contributed by atoms with van der Waals surface area (Å²) in [5.74, 6) is 1.29. The average Bonchev–Trinajstić information content (AvgIpc) is 2.85. The molecule has 3 aromatic rings. The Labute approximate surface area is 202 Å². The number of nitrogens with zero attached hydrogens (tertiary/aromatic N) is 4. The lowest BCUT2D eigenvalue weighted by Gasteiger charge is -2.34. The second-order valence-electron chi connectivity index (χ2n) is 8.78. The zero-order valence-electron chi connectivity index (χ0n) is 20.1. The molecule has 0 atom stereocenters. The molecular weight excluding hydrogens is 424 g/mol. The fraction of sp³-hybridized carbons (Fsp3) is 0.370. The summed E-state index contributed by atoms with van der Waals surface area (Å²) >= 11 is 0. The minimum absolute atomic E-state index is 0.0589. The molecular formula is C27H34N6O. The second-order valence-corrected chi connectivity index (χ2v) is 8.78. The Morgan fingerprint density at radius 2 is 1.74 bits per heavy atom. The molecule has 2 N–H and O–H groups in total. The van der Waals surface area contributed by atoms with E-state index in [1.165, 1.54) is 13.0 Å². The van der Waals surface area contributed by atoms with Crippen molar-refractivity contribution in [3.8, 4) is 11.4 Å². The Balaban J connectivity index is 1.31. The van der Waals surface area contributed by atoms with Crippen molar-refractivity contribution in [2.45, 2.75) is 20.3 Å². The van der Waals surface area contributed by atoms with Crippen LogP contribution in [0.25, 0.3) is 11.4 Å². The van der Waals surface area contributed by atoms with E-state index in [1.807, 2.05) is 42.5 Å². The zero-order valence-corrected chi connectivity index (χ0v) is 20.1. The van der Waals surface area contributed by atoms with Crippen LogP contribution in [0.3, 0.4) is 0 Å². The number of piperazine rings is 1. The molecule has 4 rings (SSSR count). The second kappa shape index (κ2) is 11.7. The van der Waals surface area contributed by atoms with Crippen molar-refractivity contribution in [2.24, 2.45) is 0 Å². The van der Waals surface area contributed by atoms with E-state index in [4.69, 9.17) is 0 Å². The maximum absolute atomic E-state index is 12.7. The largest absolute Gasteiger partial charge is 0.351 e. The molecule has 7 nitrogen and oxygen atoms in total. The normalized spacial score (nSPS) is 14.6. The summed E-state index contributed by atoms with van der Waals surface area (Å²) in [5, 5.41) is 6.36. The molecule has 0 aliphatic carbocycles. The maximum atomic E-state index is 12.7. The predicted octanol–water partition coefficient (Wildman–Crippen LogP) is 3.95. The molecule has 1 amide bonds. The highest BCUT2D eigenvalue weighted by Gasteiger charge is 2.16. The predicted molar refractivity (Wildman–Crippen MR) is 137 cm³/mol. The smallest absolute Gasteiger partial charge is 0.251 e. The van der Waals surface area contributed by atoms with Crippen LogP contribution in [0.2, 0.25) is 0 Å². The molecule has 2 heterocycles. The summed E-state index contributed by atoms with van der Waals surface area (Å²) in [4.78, 5) is 26.7. The Hall–Kier alpha value is -3.29. The van der Waals surface area contributed by atoms with Crippen LogP contribution in [0.15, 0.2) is 60.8 Å². The SMILES string of the molecule is CCCN1CCN(CCNC(=O)c2cccc(Nc3ccnc(-c4cccc(C)c4)n3)c2)CC1. The molecule has 0 radical (unpaired) electrons. The van der Waals surface area contributed by atoms with Crippen molar-refractivity contribution < 1.29 is 4.79 Å². The molecule has 2 aromatic carbocycles. The van der Waals surface area contributed by atoms with Gasteiger partial charge in [0.15, 0.2) is 5.82 Å². The minimum atomic E-state index is -0.0589. The van der Waals surface area contributed by atoms with Crippen molar-refractivity contribution in [1.82, 2.24) is 25.1 Å². The molecule has 0 unspecified atom stereocenters. The summed E-state index contributed by atoms with van der Waals surface area (Å²) in [6, 6.07) is 17.4. The fourth-order valence-corrected chi connectivity index (χ4v) is 4.22. The first-order chi connectivity index (χ1) is 16.6. The number of benzene rings is 2. The monoisotopic (exact) mass is 458 g/mol. The number of nitrogens with one attached hydrogen (secondary N) is 2. The minimum Gasteiger partial charge on any atom is -0.351 e. The van der Waals surface area contributed by atoms with Gasteiger partial charge < -0.3 is 15.5 Å². The van der Waals surface area contributed by atoms with Crippen molar-refractivity contribution in [3.05, 3.63) is 71.9 Å². The fourth-order valence-electron chi connectivity index (χ4n) is 4.22. The Morgan fingerprint density at radius 1 is 0.971 bits per heavy atom. The Kier molecular flexibility index (Phi) is 8.22. The first kappa shape index (κ1) is 23.9. The highest BCUT2D eigenvalue weighted by Crippen LogP contribution is 2.20. The number of carbonyl (C=O) groups excluding carboxylic acids is 1. The summed E-state index contributed by atoms with van der Waals surface area (Å²) in [7, 11) is 0. The Bertz CT molecular complexity index is 1090. The lowest BCUT2D eigenvalue weighted by atomic mass is 10.1. The molecule has 1 aliphatic heterocycles. The van der Waals surface area contributed by atoms with E-state index in [9.17, 15) is 4.79 Å². The summed E-state index contributed by atoms with van der Waals surface area (Å²) < 4.78 is 0. The van der Waals surface area contributed by atoms with Crippen LogP contribution >= 0.6 is 0 Å². The number of hydrogen-bond acceptors (Lipinski definition) is 6. The number of amides is 1. The van der Waals surface area contributed by atoms with Crippen LogP contribution < -0.4 is 10.6 Å². The third kappa shape index (κ3) is 6.62. The van der Waals surface area contributed by atoms with Gasteiger partial charge in [-0.1, -0.05) is 36.8 Å². The van der Waals surface area contributed by atoms with Crippen molar-refractivity contribution in [3.63, 3.8) is 0 Å². The third-order valence-corrected chi connectivity index (χ3v) is 6.05. The highest BCUT2D eigenvalue weighted by molar-refractivity contribution is 5.95. The maximum Gasteiger partial charge on any atom is 0.251 e. The van der Waals surface area contributed by atoms with E-state index in [-0.39, 0.29) is 5.91 Å². The quantitative estimate of drug-likeness (QED) is 0.506. The van der Waals surface area contributed by atoms with Gasteiger partial charge >= 0.3 is 0 Å². The third-order valence-electron chi connectivity index (χ3n) is 6.05. The number of anilines is 2. The van der Waals surface area contributed by atoms with Crippen molar-refractivity contribution in [1.29, 1.82) is 0 Å². The van der Waals surface area contributed by atoms with Gasteiger partial charge in [-0.25, -0.2) is 9.97 Å². The summed E-state index contributed by atoms with van der Waals surface area (Å²) in [5.41, 5.74) is 3.58. The van der Waals surface area contributed by atoms with E-state index in [0.29, 0.717) is 23.8 Å². The highest BCUT2D eigenvalue weighted by atomic mass is 16.1. The number of aromatic nitrogens is 2. The number of carbonyl (C=O) groups is 1. The first-order valence-electron chi connectivity index (χ1n) is 12.1. The molecule has 1 aromatic heterocycles. The summed E-state index contributed by atoms with van der Waals surface area (Å²) in [6.07, 6.45) is 2.95. The van der Waals surface area contributed by atoms with Gasteiger partial charge in [-0.05, 0) is 50.2 Å². The molecule has 0 saturated carbocycles. The first-order valence-corrected chi connectivity index (χ1v) is 12.1. The number of hydrogen-bond donors (Lipinski definition) is 2. The molecule has 1 fully saturated rings. The average molecular weight is 459 g/mol. The van der Waals surface area contributed by atoms with Gasteiger partial charge in [0.25, 0.3) is 5.91 Å². The van der Waals surface area contributed by atoms with Gasteiger partial charge in [-0.2, -0.15) is 0 Å². The summed E-state index contributed by atoms with van der Waals surface area (Å²) in [6.45, 7) is 11.4. The van der Waals surface area contributed by atoms with E-state index in [2.05, 4.69) is 56.4 Å². The standard InChI is InChI=1S/C27H34N6O/c1-3-13-32-15-17-33(18-16-32)14-12-29-27(34)23-8-5-9-24(20-23)30-25-10-11-28-26(31-25)22-7-4-6-21(2)19-22/h4-11,19-20H,3,12-18H2,1-2H3,(H,29,34)(H,28,30,31). The van der Waals surface area contributed by atoms with Gasteiger partial charge in [0.1, 0.15) is 5.82 Å². The van der Waals surface area contributed by atoms with E-state index < -0.39 is 0 Å². The van der Waals surface area contributed by atoms with Gasteiger partial charge in [0, 0.05) is 62.3 Å². The number of rotatable bonds is 9. The molecule has 0 bridgehead atoms. The molecule has 34 heavy (non-hydrogen) atoms.